The molecule has 0 aliphatic carbocycles. The molecule has 1 aromatic carbocycles. The summed E-state index contributed by atoms with van der Waals surface area (Å²) in [5, 5.41) is 9.65. The van der Waals surface area contributed by atoms with E-state index in [0.717, 1.165) is 37.8 Å². The Morgan fingerprint density at radius 3 is 2.76 bits per heavy atom. The molecule has 0 radical (unpaired) electrons. The van der Waals surface area contributed by atoms with E-state index in [1.807, 2.05) is 12.1 Å². The molecule has 2 aromatic rings. The topological polar surface area (TPSA) is 81.9 Å². The molecule has 29 heavy (non-hydrogen) atoms. The van der Waals surface area contributed by atoms with Crippen molar-refractivity contribution in [2.24, 2.45) is 4.99 Å². The summed E-state index contributed by atoms with van der Waals surface area (Å²) in [6.07, 6.45) is 3.09. The molecule has 3 N–H and O–H groups in total. The highest BCUT2D eigenvalue weighted by Gasteiger charge is 2.18. The highest BCUT2D eigenvalue weighted by atomic mass is 16.3. The van der Waals surface area contributed by atoms with Crippen LogP contribution in [0.2, 0.25) is 0 Å². The van der Waals surface area contributed by atoms with Crippen molar-refractivity contribution in [2.45, 2.75) is 45.4 Å². The molecule has 3 rings (SSSR count). The number of aliphatic imine (C=N–C) groups is 1. The van der Waals surface area contributed by atoms with E-state index in [1.54, 1.807) is 6.26 Å². The van der Waals surface area contributed by atoms with Crippen molar-refractivity contribution in [2.75, 3.05) is 20.1 Å². The largest absolute Gasteiger partial charge is 0.468 e. The van der Waals surface area contributed by atoms with Gasteiger partial charge in [0.05, 0.1) is 19.4 Å². The fourth-order valence-electron chi connectivity index (χ4n) is 3.41. The van der Waals surface area contributed by atoms with E-state index in [-0.39, 0.29) is 11.9 Å². The molecule has 1 fully saturated rings. The molecule has 2 heterocycles. The number of benzene rings is 1. The molecule has 1 aliphatic rings. The van der Waals surface area contributed by atoms with Crippen LogP contribution in [0, 0.1) is 0 Å². The first-order chi connectivity index (χ1) is 14.1. The van der Waals surface area contributed by atoms with Crippen molar-refractivity contribution in [3.05, 3.63) is 59.5 Å². The van der Waals surface area contributed by atoms with E-state index in [1.165, 1.54) is 11.1 Å². The molecule has 0 saturated carbocycles. The smallest absolute Gasteiger partial charge is 0.220 e. The number of amides is 1. The Bertz CT molecular complexity index is 793. The average molecular weight is 398 g/mol. The van der Waals surface area contributed by atoms with Crippen LogP contribution in [-0.2, 0) is 24.4 Å². The minimum atomic E-state index is 0.123. The number of hydrogen-bond acceptors (Lipinski definition) is 4. The van der Waals surface area contributed by atoms with Crippen LogP contribution < -0.4 is 16.0 Å². The first-order valence-electron chi connectivity index (χ1n) is 10.2. The molecule has 1 unspecified atom stereocenters. The first kappa shape index (κ1) is 20.9. The molecule has 0 bridgehead atoms. The van der Waals surface area contributed by atoms with Gasteiger partial charge < -0.3 is 20.4 Å². The van der Waals surface area contributed by atoms with Crippen LogP contribution in [0.25, 0.3) is 0 Å². The van der Waals surface area contributed by atoms with Gasteiger partial charge in [0.2, 0.25) is 5.91 Å². The predicted molar refractivity (Wildman–Crippen MR) is 114 cm³/mol. The lowest BCUT2D eigenvalue weighted by atomic mass is 10.1. The number of nitrogens with one attached hydrogen (secondary N) is 3. The lowest BCUT2D eigenvalue weighted by molar-refractivity contribution is -0.122. The monoisotopic (exact) mass is 397 g/mol. The second-order valence-electron chi connectivity index (χ2n) is 7.40. The van der Waals surface area contributed by atoms with Crippen molar-refractivity contribution in [1.29, 1.82) is 0 Å². The summed E-state index contributed by atoms with van der Waals surface area (Å²) >= 11 is 0. The summed E-state index contributed by atoms with van der Waals surface area (Å²) in [4.78, 5) is 18.4. The third-order valence-electron chi connectivity index (χ3n) is 4.92. The van der Waals surface area contributed by atoms with Gasteiger partial charge >= 0.3 is 0 Å². The molecule has 1 aromatic heterocycles. The zero-order valence-corrected chi connectivity index (χ0v) is 17.3. The molecular formula is C22H31N5O2. The van der Waals surface area contributed by atoms with Crippen LogP contribution >= 0.6 is 0 Å². The molecule has 1 atom stereocenters. The van der Waals surface area contributed by atoms with Crippen molar-refractivity contribution >= 4 is 11.9 Å². The number of carbonyl (C=O) groups is 1. The van der Waals surface area contributed by atoms with E-state index in [4.69, 9.17) is 9.41 Å². The fourth-order valence-corrected chi connectivity index (χ4v) is 3.41. The maximum Gasteiger partial charge on any atom is 0.220 e. The zero-order valence-electron chi connectivity index (χ0n) is 17.3. The van der Waals surface area contributed by atoms with Gasteiger partial charge in [-0.1, -0.05) is 24.3 Å². The van der Waals surface area contributed by atoms with Gasteiger partial charge in [0.15, 0.2) is 5.96 Å². The van der Waals surface area contributed by atoms with Crippen LogP contribution in [0.4, 0.5) is 0 Å². The van der Waals surface area contributed by atoms with Gasteiger partial charge in [0.25, 0.3) is 0 Å². The van der Waals surface area contributed by atoms with Crippen molar-refractivity contribution < 1.29 is 9.21 Å². The third kappa shape index (κ3) is 6.64. The lowest BCUT2D eigenvalue weighted by Crippen LogP contribution is -2.51. The zero-order chi connectivity index (χ0) is 20.5. The third-order valence-corrected chi connectivity index (χ3v) is 4.92. The summed E-state index contributed by atoms with van der Waals surface area (Å²) in [6.45, 7) is 5.67. The number of rotatable bonds is 8. The van der Waals surface area contributed by atoms with E-state index < -0.39 is 0 Å². The standard InChI is InChI=1S/C22H31N5O2/c1-3-23-22(26-19-10-11-21(28)24-14-19)25-13-17-7-4-5-8-18(17)15-27(2)16-20-9-6-12-29-20/h4-9,12,19H,3,10-11,13-16H2,1-2H3,(H,24,28)(H2,23,25,26). The maximum absolute atomic E-state index is 11.4. The summed E-state index contributed by atoms with van der Waals surface area (Å²) in [5.74, 6) is 1.87. The van der Waals surface area contributed by atoms with Gasteiger partial charge in [-0.15, -0.1) is 0 Å². The molecule has 1 amide bonds. The minimum Gasteiger partial charge on any atom is -0.468 e. The summed E-state index contributed by atoms with van der Waals surface area (Å²) in [6, 6.07) is 12.5. The molecule has 7 heteroatoms. The number of furan rings is 1. The molecule has 1 saturated heterocycles. The van der Waals surface area contributed by atoms with Crippen LogP contribution in [0.15, 0.2) is 52.1 Å². The van der Waals surface area contributed by atoms with Crippen LogP contribution in [0.5, 0.6) is 0 Å². The van der Waals surface area contributed by atoms with E-state index >= 15 is 0 Å². The Hall–Kier alpha value is -2.80. The van der Waals surface area contributed by atoms with E-state index in [2.05, 4.69) is 59.1 Å². The summed E-state index contributed by atoms with van der Waals surface area (Å²) in [5.41, 5.74) is 2.46. The van der Waals surface area contributed by atoms with Crippen molar-refractivity contribution in [3.8, 4) is 0 Å². The normalized spacial score (nSPS) is 17.3. The van der Waals surface area contributed by atoms with Gasteiger partial charge in [-0.05, 0) is 43.7 Å². The molecule has 156 valence electrons. The number of piperidine rings is 1. The van der Waals surface area contributed by atoms with Crippen LogP contribution in [-0.4, -0.2) is 42.9 Å². The molecule has 0 spiro atoms. The SMILES string of the molecule is CCNC(=NCc1ccccc1CN(C)Cc1ccco1)NC1CCC(=O)NC1. The van der Waals surface area contributed by atoms with Crippen LogP contribution in [0.1, 0.15) is 36.7 Å². The van der Waals surface area contributed by atoms with Crippen molar-refractivity contribution in [1.82, 2.24) is 20.9 Å². The number of carbonyl (C=O) groups excluding carboxylic acids is 1. The van der Waals surface area contributed by atoms with Crippen molar-refractivity contribution in [3.63, 3.8) is 0 Å². The Balaban J connectivity index is 1.62. The Morgan fingerprint density at radius 2 is 2.07 bits per heavy atom. The van der Waals surface area contributed by atoms with Gasteiger partial charge in [-0.25, -0.2) is 4.99 Å². The summed E-state index contributed by atoms with van der Waals surface area (Å²) < 4.78 is 5.45. The quantitative estimate of drug-likeness (QED) is 0.470. The molecule has 1 aliphatic heterocycles. The van der Waals surface area contributed by atoms with Gasteiger partial charge in [-0.2, -0.15) is 0 Å². The van der Waals surface area contributed by atoms with E-state index in [9.17, 15) is 4.79 Å². The molecular weight excluding hydrogens is 366 g/mol. The molecule has 7 nitrogen and oxygen atoms in total. The summed E-state index contributed by atoms with van der Waals surface area (Å²) in [7, 11) is 2.09. The second-order valence-corrected chi connectivity index (χ2v) is 7.40. The number of nitrogens with zero attached hydrogens (tertiary/aromatic N) is 2. The highest BCUT2D eigenvalue weighted by molar-refractivity contribution is 5.81. The lowest BCUT2D eigenvalue weighted by Gasteiger charge is -2.25. The highest BCUT2D eigenvalue weighted by Crippen LogP contribution is 2.14. The Labute approximate surface area is 172 Å². The fraction of sp³-hybridized carbons (Fsp3) is 0.455. The maximum atomic E-state index is 11.4. The Morgan fingerprint density at radius 1 is 1.24 bits per heavy atom. The Kier molecular flexibility index (Phi) is 7.69. The number of hydrogen-bond donors (Lipinski definition) is 3. The van der Waals surface area contributed by atoms with E-state index in [0.29, 0.717) is 19.5 Å². The average Bonchev–Trinajstić information content (AvgIpc) is 3.22. The predicted octanol–water partition coefficient (Wildman–Crippen LogP) is 2.25. The van der Waals surface area contributed by atoms with Gasteiger partial charge in [0, 0.05) is 32.1 Å². The first-order valence-corrected chi connectivity index (χ1v) is 10.2. The second kappa shape index (κ2) is 10.7. The number of guanidine groups is 1. The van der Waals surface area contributed by atoms with Gasteiger partial charge in [0.1, 0.15) is 5.76 Å². The van der Waals surface area contributed by atoms with Gasteiger partial charge in [-0.3, -0.25) is 9.69 Å². The minimum absolute atomic E-state index is 0.123. The van der Waals surface area contributed by atoms with Crippen LogP contribution in [0.3, 0.4) is 0 Å².